The van der Waals surface area contributed by atoms with Gasteiger partial charge < -0.3 is 5.32 Å². The number of carbonyl (C=O) groups excluding carboxylic acids is 1. The summed E-state index contributed by atoms with van der Waals surface area (Å²) in [6.07, 6.45) is -0.124. The number of amides is 1. The first-order valence-electron chi connectivity index (χ1n) is 6.50. The first kappa shape index (κ1) is 17.3. The van der Waals surface area contributed by atoms with E-state index in [0.29, 0.717) is 17.1 Å². The van der Waals surface area contributed by atoms with Crippen LogP contribution in [-0.4, -0.2) is 5.91 Å². The van der Waals surface area contributed by atoms with Crippen molar-refractivity contribution in [3.63, 3.8) is 0 Å². The Balaban J connectivity index is 2.14. The molecule has 0 aliphatic rings. The van der Waals surface area contributed by atoms with Crippen LogP contribution in [0.1, 0.15) is 16.7 Å². The summed E-state index contributed by atoms with van der Waals surface area (Å²) in [5.74, 6) is -0.405. The molecule has 1 N–H and O–H groups in total. The van der Waals surface area contributed by atoms with Crippen LogP contribution in [0.5, 0.6) is 0 Å². The van der Waals surface area contributed by atoms with Crippen LogP contribution >= 0.6 is 39.1 Å². The van der Waals surface area contributed by atoms with Crippen molar-refractivity contribution < 1.29 is 9.18 Å². The van der Waals surface area contributed by atoms with Gasteiger partial charge in [-0.15, -0.1) is 11.6 Å². The maximum Gasteiger partial charge on any atom is 0.228 e. The first-order chi connectivity index (χ1) is 10.4. The van der Waals surface area contributed by atoms with Gasteiger partial charge in [0.15, 0.2) is 0 Å². The molecule has 2 aromatic carbocycles. The van der Waals surface area contributed by atoms with E-state index in [4.69, 9.17) is 23.2 Å². The summed E-state index contributed by atoms with van der Waals surface area (Å²) >= 11 is 15.1. The SMILES string of the molecule is Cc1ccc(Cl)c(CC(=O)Nc2ccc(CCl)c(Br)c2)c1F. The van der Waals surface area contributed by atoms with E-state index in [0.717, 1.165) is 10.0 Å². The van der Waals surface area contributed by atoms with Gasteiger partial charge in [-0.05, 0) is 36.2 Å². The van der Waals surface area contributed by atoms with Gasteiger partial charge in [-0.3, -0.25) is 4.79 Å². The molecule has 0 radical (unpaired) electrons. The third-order valence-electron chi connectivity index (χ3n) is 3.20. The van der Waals surface area contributed by atoms with Crippen molar-refractivity contribution in [1.82, 2.24) is 0 Å². The van der Waals surface area contributed by atoms with E-state index in [2.05, 4.69) is 21.2 Å². The molecule has 0 aromatic heterocycles. The van der Waals surface area contributed by atoms with Crippen LogP contribution in [0, 0.1) is 12.7 Å². The molecular formula is C16H13BrCl2FNO. The summed E-state index contributed by atoms with van der Waals surface area (Å²) in [7, 11) is 0. The molecular weight excluding hydrogens is 392 g/mol. The van der Waals surface area contributed by atoms with E-state index in [1.54, 1.807) is 31.2 Å². The Morgan fingerprint density at radius 1 is 1.32 bits per heavy atom. The normalized spacial score (nSPS) is 10.6. The third-order valence-corrected chi connectivity index (χ3v) is 4.58. The second kappa shape index (κ2) is 7.44. The van der Waals surface area contributed by atoms with Crippen molar-refractivity contribution in [2.75, 3.05) is 5.32 Å². The maximum atomic E-state index is 14.0. The van der Waals surface area contributed by atoms with Crippen LogP contribution in [0.3, 0.4) is 0 Å². The molecule has 0 aliphatic heterocycles. The number of hydrogen-bond acceptors (Lipinski definition) is 1. The number of benzene rings is 2. The Morgan fingerprint density at radius 2 is 2.05 bits per heavy atom. The molecule has 2 aromatic rings. The molecule has 22 heavy (non-hydrogen) atoms. The molecule has 116 valence electrons. The number of anilines is 1. The van der Waals surface area contributed by atoms with Crippen LogP contribution < -0.4 is 5.32 Å². The number of aryl methyl sites for hydroxylation is 1. The van der Waals surface area contributed by atoms with E-state index in [1.165, 1.54) is 0 Å². The lowest BCUT2D eigenvalue weighted by Crippen LogP contribution is -2.16. The zero-order valence-corrected chi connectivity index (χ0v) is 14.8. The predicted molar refractivity (Wildman–Crippen MR) is 92.2 cm³/mol. The molecule has 0 saturated heterocycles. The second-order valence-electron chi connectivity index (χ2n) is 4.82. The maximum absolute atomic E-state index is 14.0. The van der Waals surface area contributed by atoms with Gasteiger partial charge in [0, 0.05) is 26.6 Å². The monoisotopic (exact) mass is 403 g/mol. The van der Waals surface area contributed by atoms with Crippen LogP contribution in [0.2, 0.25) is 5.02 Å². The lowest BCUT2D eigenvalue weighted by atomic mass is 10.1. The Morgan fingerprint density at radius 3 is 2.68 bits per heavy atom. The Kier molecular flexibility index (Phi) is 5.84. The van der Waals surface area contributed by atoms with Crippen LogP contribution in [-0.2, 0) is 17.1 Å². The lowest BCUT2D eigenvalue weighted by molar-refractivity contribution is -0.115. The van der Waals surface area contributed by atoms with Crippen LogP contribution in [0.4, 0.5) is 10.1 Å². The number of rotatable bonds is 4. The highest BCUT2D eigenvalue weighted by Crippen LogP contribution is 2.25. The molecule has 2 rings (SSSR count). The average Bonchev–Trinajstić information content (AvgIpc) is 2.48. The molecule has 0 heterocycles. The standard InChI is InChI=1S/C16H13BrCl2FNO/c1-9-2-5-14(19)12(16(9)20)7-15(22)21-11-4-3-10(8-18)13(17)6-11/h2-6H,7-8H2,1H3,(H,21,22). The quantitative estimate of drug-likeness (QED) is 0.672. The zero-order chi connectivity index (χ0) is 16.3. The fourth-order valence-corrected chi connectivity index (χ4v) is 3.10. The lowest BCUT2D eigenvalue weighted by Gasteiger charge is -2.10. The van der Waals surface area contributed by atoms with Crippen LogP contribution in [0.15, 0.2) is 34.8 Å². The molecule has 0 aliphatic carbocycles. The highest BCUT2D eigenvalue weighted by atomic mass is 79.9. The van der Waals surface area contributed by atoms with Gasteiger partial charge in [-0.2, -0.15) is 0 Å². The van der Waals surface area contributed by atoms with E-state index in [-0.39, 0.29) is 22.9 Å². The van der Waals surface area contributed by atoms with Crippen molar-refractivity contribution in [2.45, 2.75) is 19.2 Å². The molecule has 6 heteroatoms. The molecule has 0 saturated carbocycles. The minimum atomic E-state index is -0.443. The number of alkyl halides is 1. The molecule has 1 amide bonds. The summed E-state index contributed by atoms with van der Waals surface area (Å²) < 4.78 is 14.8. The van der Waals surface area contributed by atoms with Crippen molar-refractivity contribution in [2.24, 2.45) is 0 Å². The van der Waals surface area contributed by atoms with Gasteiger partial charge in [0.1, 0.15) is 5.82 Å². The Bertz CT molecular complexity index is 722. The number of hydrogen-bond donors (Lipinski definition) is 1. The fraction of sp³-hybridized carbons (Fsp3) is 0.188. The number of carbonyl (C=O) groups is 1. The molecule has 0 unspecified atom stereocenters. The Labute approximate surface area is 146 Å². The predicted octanol–water partition coefficient (Wildman–Crippen LogP) is 5.47. The first-order valence-corrected chi connectivity index (χ1v) is 8.20. The molecule has 0 atom stereocenters. The summed E-state index contributed by atoms with van der Waals surface area (Å²) in [4.78, 5) is 12.1. The van der Waals surface area contributed by atoms with Crippen molar-refractivity contribution >= 4 is 50.7 Å². The summed E-state index contributed by atoms with van der Waals surface area (Å²) in [6.45, 7) is 1.63. The highest BCUT2D eigenvalue weighted by Gasteiger charge is 2.14. The Hall–Kier alpha value is -1.10. The molecule has 0 bridgehead atoms. The van der Waals surface area contributed by atoms with Crippen molar-refractivity contribution in [3.8, 4) is 0 Å². The molecule has 2 nitrogen and oxygen atoms in total. The smallest absolute Gasteiger partial charge is 0.228 e. The molecule has 0 fully saturated rings. The van der Waals surface area contributed by atoms with Gasteiger partial charge in [0.25, 0.3) is 0 Å². The van der Waals surface area contributed by atoms with Gasteiger partial charge in [0.05, 0.1) is 6.42 Å². The van der Waals surface area contributed by atoms with Gasteiger partial charge in [-0.25, -0.2) is 4.39 Å². The van der Waals surface area contributed by atoms with Crippen LogP contribution in [0.25, 0.3) is 0 Å². The average molecular weight is 405 g/mol. The van der Waals surface area contributed by atoms with Gasteiger partial charge in [-0.1, -0.05) is 39.7 Å². The van der Waals surface area contributed by atoms with Crippen molar-refractivity contribution in [1.29, 1.82) is 0 Å². The van der Waals surface area contributed by atoms with E-state index in [9.17, 15) is 9.18 Å². The van der Waals surface area contributed by atoms with Crippen molar-refractivity contribution in [3.05, 3.63) is 62.3 Å². The topological polar surface area (TPSA) is 29.1 Å². The van der Waals surface area contributed by atoms with E-state index >= 15 is 0 Å². The summed E-state index contributed by atoms with van der Waals surface area (Å²) in [6, 6.07) is 8.49. The van der Waals surface area contributed by atoms with E-state index in [1.807, 2.05) is 6.07 Å². The van der Waals surface area contributed by atoms with E-state index < -0.39 is 5.82 Å². The third kappa shape index (κ3) is 4.00. The second-order valence-corrected chi connectivity index (χ2v) is 6.35. The van der Waals surface area contributed by atoms with Gasteiger partial charge in [0.2, 0.25) is 5.91 Å². The fourth-order valence-electron chi connectivity index (χ4n) is 1.98. The summed E-state index contributed by atoms with van der Waals surface area (Å²) in [5, 5.41) is 2.97. The zero-order valence-electron chi connectivity index (χ0n) is 11.7. The highest BCUT2D eigenvalue weighted by molar-refractivity contribution is 9.10. The number of halogens is 4. The minimum absolute atomic E-state index is 0.124. The summed E-state index contributed by atoms with van der Waals surface area (Å²) in [5.41, 5.74) is 2.19. The largest absolute Gasteiger partial charge is 0.326 e. The number of nitrogens with one attached hydrogen (secondary N) is 1. The minimum Gasteiger partial charge on any atom is -0.326 e. The molecule has 0 spiro atoms. The van der Waals surface area contributed by atoms with Gasteiger partial charge >= 0.3 is 0 Å².